The maximum atomic E-state index is 14.1. The van der Waals surface area contributed by atoms with Crippen LogP contribution in [0, 0.1) is 11.8 Å². The molecule has 2 heterocycles. The van der Waals surface area contributed by atoms with Crippen LogP contribution in [0.4, 0.5) is 0 Å². The van der Waals surface area contributed by atoms with Crippen molar-refractivity contribution in [1.82, 2.24) is 19.6 Å². The highest BCUT2D eigenvalue weighted by molar-refractivity contribution is 6.42. The third kappa shape index (κ3) is 10.3. The number of nitrogens with zero attached hydrogens (tertiary/aromatic N) is 4. The van der Waals surface area contributed by atoms with E-state index in [1.807, 2.05) is 12.1 Å². The number of rotatable bonds is 17. The summed E-state index contributed by atoms with van der Waals surface area (Å²) >= 11 is 25.0. The summed E-state index contributed by atoms with van der Waals surface area (Å²) < 4.78 is 24.2. The Bertz CT molecular complexity index is 3080. The average Bonchev–Trinajstić information content (AvgIpc) is 1.19. The Labute approximate surface area is 510 Å². The highest BCUT2D eigenvalue weighted by atomic mass is 35.5. The van der Waals surface area contributed by atoms with Gasteiger partial charge in [-0.25, -0.2) is 9.59 Å². The molecular formula is C64H74Cl4N4O12. The summed E-state index contributed by atoms with van der Waals surface area (Å²) in [5, 5.41) is 51.3. The molecule has 2 aliphatic heterocycles. The van der Waals surface area contributed by atoms with Crippen LogP contribution in [0.15, 0.2) is 60.7 Å². The molecule has 2 saturated heterocycles. The standard InChI is InChI=1S/C64H74Cl4N4O12/c1-69(51(73)27-37-9-13-43(65)45(67)25-37)41-17-19-63(79)49-29-39-11-15-47(57(81-3)53(39)61(63,31-41)21-23-71(49)33-35-5-6-35)83-59(77)55(75)56(76)60(78)84-48-16-12-40-30-50-64(80)20-18-42(70(2)52(74)28-38-10-14-44(66)46(68)26-38)32-62(64,54(40)58(48)82-4)22-24-72(50)34-36-7-8-36/h9-16,25-26,35-36,41-42,49-50,55-56,75-76,79-80H,5-8,17-24,27-34H2,1-4H3/t41?,42?,49-,50-,55?,56?,61-,62-,63-,64-/m1/s1. The van der Waals surface area contributed by atoms with Gasteiger partial charge in [0.15, 0.2) is 35.2 Å². The second-order valence-corrected chi connectivity index (χ2v) is 27.1. The molecule has 6 aliphatic carbocycles. The largest absolute Gasteiger partial charge is 0.493 e. The second kappa shape index (κ2) is 22.8. The van der Waals surface area contributed by atoms with E-state index in [2.05, 4.69) is 9.80 Å². The number of aliphatic hydroxyl groups is 4. The predicted molar refractivity (Wildman–Crippen MR) is 316 cm³/mol. The van der Waals surface area contributed by atoms with E-state index in [4.69, 9.17) is 65.4 Å². The zero-order valence-corrected chi connectivity index (χ0v) is 50.9. The fourth-order valence-corrected chi connectivity index (χ4v) is 16.8. The number of methoxy groups -OCH3 is 2. The number of halogens is 4. The Kier molecular flexibility index (Phi) is 16.2. The van der Waals surface area contributed by atoms with Gasteiger partial charge in [0.1, 0.15) is 0 Å². The van der Waals surface area contributed by atoms with Gasteiger partial charge in [0.2, 0.25) is 11.8 Å². The molecule has 10 atom stereocenters. The number of hydrogen-bond acceptors (Lipinski definition) is 14. The lowest BCUT2D eigenvalue weighted by Gasteiger charge is -2.65. The smallest absolute Gasteiger partial charge is 0.343 e. The van der Waals surface area contributed by atoms with E-state index in [0.717, 1.165) is 61.0 Å². The molecule has 4 aromatic carbocycles. The maximum absolute atomic E-state index is 14.1. The van der Waals surface area contributed by atoms with E-state index in [1.54, 1.807) is 72.4 Å². The number of carbonyl (C=O) groups excluding carboxylic acids is 4. The number of amides is 2. The van der Waals surface area contributed by atoms with Gasteiger partial charge in [0, 0.05) is 73.3 Å². The van der Waals surface area contributed by atoms with Crippen molar-refractivity contribution in [2.24, 2.45) is 11.8 Å². The van der Waals surface area contributed by atoms with Gasteiger partial charge in [0.05, 0.1) is 58.4 Å². The van der Waals surface area contributed by atoms with Crippen molar-refractivity contribution in [3.63, 3.8) is 0 Å². The van der Waals surface area contributed by atoms with Crippen molar-refractivity contribution in [3.8, 4) is 23.0 Å². The topological polar surface area (TPSA) is 199 Å². The van der Waals surface area contributed by atoms with Crippen molar-refractivity contribution in [3.05, 3.63) is 114 Å². The number of esters is 2. The molecular weight excluding hydrogens is 1160 g/mol. The van der Waals surface area contributed by atoms with Crippen LogP contribution in [-0.2, 0) is 55.7 Å². The maximum Gasteiger partial charge on any atom is 0.343 e. The Morgan fingerprint density at radius 3 is 1.32 bits per heavy atom. The number of aliphatic hydroxyl groups excluding tert-OH is 2. The number of likely N-dealkylation sites (N-methyl/N-ethyl adjacent to an activating group) is 2. The molecule has 0 spiro atoms. The summed E-state index contributed by atoms with van der Waals surface area (Å²) in [7, 11) is 6.47. The second-order valence-electron chi connectivity index (χ2n) is 25.5. The molecule has 4 unspecified atom stereocenters. The summed E-state index contributed by atoms with van der Waals surface area (Å²) in [4.78, 5) is 64.7. The highest BCUT2D eigenvalue weighted by Crippen LogP contribution is 2.64. The summed E-state index contributed by atoms with van der Waals surface area (Å²) in [6.07, 6.45) is 4.65. The highest BCUT2D eigenvalue weighted by Gasteiger charge is 2.68. The fraction of sp³-hybridized carbons (Fsp3) is 0.562. The van der Waals surface area contributed by atoms with Crippen LogP contribution in [0.3, 0.4) is 0 Å². The zero-order chi connectivity index (χ0) is 59.4. The van der Waals surface area contributed by atoms with Gasteiger partial charge in [0.25, 0.3) is 0 Å². The minimum absolute atomic E-state index is 0.0836. The van der Waals surface area contributed by atoms with Gasteiger partial charge >= 0.3 is 11.9 Å². The van der Waals surface area contributed by atoms with Crippen LogP contribution >= 0.6 is 46.4 Å². The van der Waals surface area contributed by atoms with E-state index >= 15 is 0 Å². The monoisotopic (exact) mass is 1230 g/mol. The van der Waals surface area contributed by atoms with Crippen LogP contribution < -0.4 is 18.9 Å². The SMILES string of the molecule is COc1c(OC(=O)C(O)C(O)C(=O)Oc2ccc3c(c2OC)[C@]24CCN(CC5CC5)[C@H](C3)[C@]2(O)CCC(N(C)C(=O)Cc2ccc(Cl)c(Cl)c2)C4)ccc2c1[C@]13CCN(CC4CC4)[C@H](C2)[C@]1(O)CCC(N(C)C(=O)Cc1ccc(Cl)c(Cl)c1)C3. The molecule has 6 fully saturated rings. The van der Waals surface area contributed by atoms with Gasteiger partial charge in [-0.1, -0.05) is 70.7 Å². The van der Waals surface area contributed by atoms with E-state index < -0.39 is 46.2 Å². The molecule has 12 rings (SSSR count). The predicted octanol–water partition coefficient (Wildman–Crippen LogP) is 8.08. The Balaban J connectivity index is 0.799. The molecule has 2 amide bonds. The Hall–Kier alpha value is -4.72. The van der Waals surface area contributed by atoms with Crippen molar-refractivity contribution in [2.75, 3.05) is 54.5 Å². The summed E-state index contributed by atoms with van der Waals surface area (Å²) in [5.74, 6) is -1.62. The van der Waals surface area contributed by atoms with E-state index in [-0.39, 0.29) is 71.8 Å². The number of fused-ring (bicyclic) bond motifs is 2. The van der Waals surface area contributed by atoms with Crippen LogP contribution in [0.1, 0.15) is 110 Å². The minimum atomic E-state index is -2.43. The molecule has 4 aromatic rings. The molecule has 84 heavy (non-hydrogen) atoms. The number of likely N-dealkylation sites (tertiary alicyclic amines) is 2. The number of hydrogen-bond donors (Lipinski definition) is 4. The first-order chi connectivity index (χ1) is 40.1. The van der Waals surface area contributed by atoms with Crippen molar-refractivity contribution >= 4 is 70.2 Å². The quantitative estimate of drug-likeness (QED) is 0.0585. The van der Waals surface area contributed by atoms with Gasteiger partial charge < -0.3 is 49.2 Å². The molecule has 450 valence electrons. The first kappa shape index (κ1) is 59.6. The summed E-state index contributed by atoms with van der Waals surface area (Å²) in [5.41, 5.74) is 0.157. The Morgan fingerprint density at radius 2 is 0.964 bits per heavy atom. The fourth-order valence-electron chi connectivity index (χ4n) is 16.1. The molecule has 0 aromatic heterocycles. The first-order valence-electron chi connectivity index (χ1n) is 29.6. The van der Waals surface area contributed by atoms with Gasteiger partial charge in [-0.2, -0.15) is 0 Å². The van der Waals surface area contributed by atoms with E-state index in [0.29, 0.717) is 120 Å². The van der Waals surface area contributed by atoms with Crippen molar-refractivity contribution in [2.45, 2.75) is 161 Å². The summed E-state index contributed by atoms with van der Waals surface area (Å²) in [6.45, 7) is 3.14. The van der Waals surface area contributed by atoms with Crippen molar-refractivity contribution < 1.29 is 58.6 Å². The van der Waals surface area contributed by atoms with Gasteiger partial charge in [-0.05, 0) is 173 Å². The lowest BCUT2D eigenvalue weighted by molar-refractivity contribution is -0.178. The molecule has 8 aliphatic rings. The Morgan fingerprint density at radius 1 is 0.571 bits per heavy atom. The third-order valence-corrected chi connectivity index (χ3v) is 22.4. The molecule has 16 nitrogen and oxygen atoms in total. The molecule has 4 saturated carbocycles. The molecule has 4 bridgehead atoms. The zero-order valence-electron chi connectivity index (χ0n) is 47.9. The van der Waals surface area contributed by atoms with Crippen LogP contribution in [0.2, 0.25) is 20.1 Å². The van der Waals surface area contributed by atoms with Crippen LogP contribution in [0.5, 0.6) is 23.0 Å². The molecule has 4 N–H and O–H groups in total. The van der Waals surface area contributed by atoms with E-state index in [9.17, 15) is 39.6 Å². The minimum Gasteiger partial charge on any atom is -0.493 e. The molecule has 20 heteroatoms. The number of carbonyl (C=O) groups is 4. The van der Waals surface area contributed by atoms with Crippen molar-refractivity contribution in [1.29, 1.82) is 0 Å². The van der Waals surface area contributed by atoms with E-state index in [1.165, 1.54) is 14.2 Å². The van der Waals surface area contributed by atoms with Gasteiger partial charge in [-0.15, -0.1) is 0 Å². The van der Waals surface area contributed by atoms with Crippen LogP contribution in [-0.4, -0.2) is 166 Å². The number of piperidine rings is 2. The first-order valence-corrected chi connectivity index (χ1v) is 31.2. The molecule has 0 radical (unpaired) electrons. The average molecular weight is 1230 g/mol. The van der Waals surface area contributed by atoms with Crippen LogP contribution in [0.25, 0.3) is 0 Å². The lowest BCUT2D eigenvalue weighted by Crippen LogP contribution is -2.74. The number of benzene rings is 4. The summed E-state index contributed by atoms with van der Waals surface area (Å²) in [6, 6.07) is 16.1. The number of ether oxygens (including phenoxy) is 4. The third-order valence-electron chi connectivity index (χ3n) is 20.9. The normalized spacial score (nSPS) is 29.4. The lowest BCUT2D eigenvalue weighted by atomic mass is 9.48. The van der Waals surface area contributed by atoms with Gasteiger partial charge in [-0.3, -0.25) is 19.4 Å².